The first-order chi connectivity index (χ1) is 7.49. The molecular weight excluding hydrogens is 251 g/mol. The van der Waals surface area contributed by atoms with E-state index in [9.17, 15) is 4.79 Å². The molecule has 1 aromatic rings. The second-order valence-electron chi connectivity index (χ2n) is 4.03. The summed E-state index contributed by atoms with van der Waals surface area (Å²) in [5.74, 6) is -0.144. The molecule has 1 rings (SSSR count). The summed E-state index contributed by atoms with van der Waals surface area (Å²) < 4.78 is 5.38. The van der Waals surface area contributed by atoms with Gasteiger partial charge in [-0.25, -0.2) is 4.79 Å². The van der Waals surface area contributed by atoms with Crippen LogP contribution >= 0.6 is 11.6 Å². The summed E-state index contributed by atoms with van der Waals surface area (Å²) >= 11 is 5.72. The van der Waals surface area contributed by atoms with Crippen LogP contribution in [0.1, 0.15) is 21.7 Å². The third-order valence-corrected chi connectivity index (χ3v) is 2.30. The molecule has 0 radical (unpaired) electrons. The molecule has 5 heteroatoms. The predicted octanol–water partition coefficient (Wildman–Crippen LogP) is 0.335. The molecule has 1 atom stereocenters. The standard InChI is InChI=1S/C12H15ClO3.Na.H/c1-8(2)7-11(12(14)15)16-10-5-3-9(13)4-6-10;;/h3-6,8,11H,7H2,1-2H3,(H,14,15);;/q;+1;-1/t11-;;/m0../s1. The number of ether oxygens (including phenoxy) is 1. The van der Waals surface area contributed by atoms with Crippen molar-refractivity contribution in [1.82, 2.24) is 0 Å². The molecular formula is C12H16ClNaO3. The van der Waals surface area contributed by atoms with Crippen molar-refractivity contribution in [3.8, 4) is 5.75 Å². The van der Waals surface area contributed by atoms with Gasteiger partial charge in [-0.05, 0) is 36.6 Å². The summed E-state index contributed by atoms with van der Waals surface area (Å²) in [6.07, 6.45) is -0.320. The minimum absolute atomic E-state index is 0. The topological polar surface area (TPSA) is 46.5 Å². The Labute approximate surface area is 130 Å². The van der Waals surface area contributed by atoms with Crippen molar-refractivity contribution in [2.24, 2.45) is 5.92 Å². The molecule has 0 amide bonds. The Morgan fingerprint density at radius 1 is 1.41 bits per heavy atom. The van der Waals surface area contributed by atoms with Gasteiger partial charge in [-0.1, -0.05) is 25.4 Å². The Kier molecular flexibility index (Phi) is 7.88. The van der Waals surface area contributed by atoms with Crippen LogP contribution in [0.25, 0.3) is 0 Å². The smallest absolute Gasteiger partial charge is 1.00 e. The van der Waals surface area contributed by atoms with Gasteiger partial charge in [0, 0.05) is 5.02 Å². The molecule has 0 spiro atoms. The fourth-order valence-corrected chi connectivity index (χ4v) is 1.43. The summed E-state index contributed by atoms with van der Waals surface area (Å²) in [5, 5.41) is 9.59. The normalized spacial score (nSPS) is 11.8. The number of hydrogen-bond acceptors (Lipinski definition) is 2. The SMILES string of the molecule is CC(C)C[C@H](Oc1ccc(Cl)cc1)C(=O)O.[H-].[Na+]. The zero-order chi connectivity index (χ0) is 12.1. The minimum atomic E-state index is -0.941. The Bertz CT molecular complexity index is 357. The van der Waals surface area contributed by atoms with Gasteiger partial charge in [0.25, 0.3) is 0 Å². The van der Waals surface area contributed by atoms with Gasteiger partial charge in [0.1, 0.15) is 5.75 Å². The molecule has 3 nitrogen and oxygen atoms in total. The van der Waals surface area contributed by atoms with Gasteiger partial charge in [-0.2, -0.15) is 0 Å². The minimum Gasteiger partial charge on any atom is -1.00 e. The van der Waals surface area contributed by atoms with Crippen molar-refractivity contribution >= 4 is 17.6 Å². The first-order valence-corrected chi connectivity index (χ1v) is 5.52. The fourth-order valence-electron chi connectivity index (χ4n) is 1.30. The van der Waals surface area contributed by atoms with Crippen LogP contribution in [0.4, 0.5) is 0 Å². The molecule has 17 heavy (non-hydrogen) atoms. The van der Waals surface area contributed by atoms with Crippen LogP contribution in [0.3, 0.4) is 0 Å². The van der Waals surface area contributed by atoms with Crippen molar-refractivity contribution in [3.63, 3.8) is 0 Å². The van der Waals surface area contributed by atoms with E-state index in [4.69, 9.17) is 21.4 Å². The number of carboxylic acids is 1. The Morgan fingerprint density at radius 2 is 1.94 bits per heavy atom. The fraction of sp³-hybridized carbons (Fsp3) is 0.417. The second kappa shape index (κ2) is 7.98. The Hall–Kier alpha value is -0.220. The van der Waals surface area contributed by atoms with Gasteiger partial charge >= 0.3 is 35.5 Å². The van der Waals surface area contributed by atoms with E-state index in [0.29, 0.717) is 17.2 Å². The molecule has 0 aliphatic heterocycles. The van der Waals surface area contributed by atoms with E-state index in [1.807, 2.05) is 13.8 Å². The largest absolute Gasteiger partial charge is 1.00 e. The van der Waals surface area contributed by atoms with Crippen LogP contribution in [-0.2, 0) is 4.79 Å². The molecule has 0 aliphatic carbocycles. The number of carboxylic acid groups (broad SMARTS) is 1. The molecule has 0 saturated carbocycles. The Morgan fingerprint density at radius 3 is 2.35 bits per heavy atom. The maximum atomic E-state index is 11.0. The maximum Gasteiger partial charge on any atom is 1.00 e. The van der Waals surface area contributed by atoms with Crippen molar-refractivity contribution < 1.29 is 45.6 Å². The van der Waals surface area contributed by atoms with E-state index in [1.54, 1.807) is 24.3 Å². The van der Waals surface area contributed by atoms with Gasteiger partial charge in [-0.3, -0.25) is 0 Å². The van der Waals surface area contributed by atoms with Crippen molar-refractivity contribution in [3.05, 3.63) is 29.3 Å². The van der Waals surface area contributed by atoms with E-state index in [2.05, 4.69) is 0 Å². The van der Waals surface area contributed by atoms with Crippen LogP contribution in [0, 0.1) is 5.92 Å². The number of benzene rings is 1. The van der Waals surface area contributed by atoms with E-state index in [0.717, 1.165) is 0 Å². The average molecular weight is 267 g/mol. The van der Waals surface area contributed by atoms with Crippen LogP contribution in [0.5, 0.6) is 5.75 Å². The zero-order valence-corrected chi connectivity index (χ0v) is 13.1. The third kappa shape index (κ3) is 6.32. The molecule has 1 N–H and O–H groups in total. The monoisotopic (exact) mass is 266 g/mol. The summed E-state index contributed by atoms with van der Waals surface area (Å²) in [4.78, 5) is 11.0. The molecule has 0 aromatic heterocycles. The quantitative estimate of drug-likeness (QED) is 0.782. The van der Waals surface area contributed by atoms with E-state index in [-0.39, 0.29) is 36.9 Å². The van der Waals surface area contributed by atoms with Crippen molar-refractivity contribution in [1.29, 1.82) is 0 Å². The van der Waals surface area contributed by atoms with Crippen LogP contribution in [-0.4, -0.2) is 17.2 Å². The summed E-state index contributed by atoms with van der Waals surface area (Å²) in [7, 11) is 0. The molecule has 90 valence electrons. The number of halogens is 1. The number of carbonyl (C=O) groups is 1. The summed E-state index contributed by atoms with van der Waals surface area (Å²) in [6.45, 7) is 3.92. The Balaban J connectivity index is 0. The first-order valence-electron chi connectivity index (χ1n) is 5.14. The van der Waals surface area contributed by atoms with Crippen molar-refractivity contribution in [2.75, 3.05) is 0 Å². The van der Waals surface area contributed by atoms with Crippen LogP contribution in [0.2, 0.25) is 5.02 Å². The van der Waals surface area contributed by atoms with Gasteiger partial charge in [0.05, 0.1) is 0 Å². The predicted molar refractivity (Wildman–Crippen MR) is 64.1 cm³/mol. The van der Waals surface area contributed by atoms with Gasteiger partial charge in [0.15, 0.2) is 6.10 Å². The number of aliphatic carboxylic acids is 1. The summed E-state index contributed by atoms with van der Waals surface area (Å²) in [5.41, 5.74) is 0. The second-order valence-corrected chi connectivity index (χ2v) is 4.46. The molecule has 0 bridgehead atoms. The molecule has 0 heterocycles. The molecule has 1 aromatic carbocycles. The number of rotatable bonds is 5. The van der Waals surface area contributed by atoms with Crippen molar-refractivity contribution in [2.45, 2.75) is 26.4 Å². The van der Waals surface area contributed by atoms with Gasteiger partial charge < -0.3 is 11.3 Å². The maximum absolute atomic E-state index is 11.0. The van der Waals surface area contributed by atoms with E-state index in [1.165, 1.54) is 0 Å². The van der Waals surface area contributed by atoms with E-state index < -0.39 is 12.1 Å². The third-order valence-electron chi connectivity index (χ3n) is 2.05. The molecule has 0 saturated heterocycles. The molecule has 0 unspecified atom stereocenters. The van der Waals surface area contributed by atoms with E-state index >= 15 is 0 Å². The van der Waals surface area contributed by atoms with Gasteiger partial charge in [-0.15, -0.1) is 0 Å². The van der Waals surface area contributed by atoms with Crippen LogP contribution in [0.15, 0.2) is 24.3 Å². The average Bonchev–Trinajstić information content (AvgIpc) is 2.19. The van der Waals surface area contributed by atoms with Crippen LogP contribution < -0.4 is 34.3 Å². The molecule has 0 aliphatic rings. The van der Waals surface area contributed by atoms with Gasteiger partial charge in [0.2, 0.25) is 0 Å². The molecule has 0 fully saturated rings. The first kappa shape index (κ1) is 16.8. The number of hydrogen-bond donors (Lipinski definition) is 1. The zero-order valence-electron chi connectivity index (χ0n) is 11.3. The summed E-state index contributed by atoms with van der Waals surface area (Å²) in [6, 6.07) is 6.67.